The maximum absolute atomic E-state index is 13.6. The van der Waals surface area contributed by atoms with Crippen LogP contribution in [0.2, 0.25) is 0 Å². The first-order chi connectivity index (χ1) is 14.5. The number of hydrogen-bond donors (Lipinski definition) is 0. The first kappa shape index (κ1) is 20.1. The molecule has 1 aliphatic carbocycles. The van der Waals surface area contributed by atoms with Gasteiger partial charge in [0, 0.05) is 30.9 Å². The Bertz CT molecular complexity index is 1070. The Morgan fingerprint density at radius 2 is 2.07 bits per heavy atom. The summed E-state index contributed by atoms with van der Waals surface area (Å²) in [7, 11) is 1.89. The summed E-state index contributed by atoms with van der Waals surface area (Å²) in [5.41, 5.74) is 3.10. The summed E-state index contributed by atoms with van der Waals surface area (Å²) >= 11 is 0. The highest BCUT2D eigenvalue weighted by atomic mass is 16.5. The van der Waals surface area contributed by atoms with Gasteiger partial charge in [0.1, 0.15) is 0 Å². The van der Waals surface area contributed by atoms with Crippen LogP contribution in [0.4, 0.5) is 0 Å². The van der Waals surface area contributed by atoms with Crippen LogP contribution in [-0.2, 0) is 23.1 Å². The van der Waals surface area contributed by atoms with Crippen molar-refractivity contribution in [1.82, 2.24) is 19.7 Å². The molecule has 1 fully saturated rings. The summed E-state index contributed by atoms with van der Waals surface area (Å²) in [6, 6.07) is 11.4. The van der Waals surface area contributed by atoms with E-state index in [1.165, 1.54) is 0 Å². The fraction of sp³-hybridized carbons (Fsp3) is 0.391. The SMILES string of the molecule is CCOC(=O)[C@H]1C[C@H]1CN(Cc1cc(C)n(C)n1)C(=O)c1cccc2cccnc12. The summed E-state index contributed by atoms with van der Waals surface area (Å²) in [5.74, 6) is -0.287. The smallest absolute Gasteiger partial charge is 0.309 e. The van der Waals surface area contributed by atoms with Gasteiger partial charge < -0.3 is 9.64 Å². The zero-order valence-corrected chi connectivity index (χ0v) is 17.5. The third-order valence-electron chi connectivity index (χ3n) is 5.63. The van der Waals surface area contributed by atoms with Crippen LogP contribution in [0.1, 0.15) is 35.1 Å². The summed E-state index contributed by atoms with van der Waals surface area (Å²) in [6.07, 6.45) is 2.45. The van der Waals surface area contributed by atoms with E-state index in [2.05, 4.69) is 10.1 Å². The minimum absolute atomic E-state index is 0.0999. The number of aryl methyl sites for hydroxylation is 2. The Hall–Kier alpha value is -3.22. The van der Waals surface area contributed by atoms with Gasteiger partial charge in [-0.1, -0.05) is 18.2 Å². The van der Waals surface area contributed by atoms with Crippen LogP contribution in [-0.4, -0.2) is 44.7 Å². The van der Waals surface area contributed by atoms with Crippen molar-refractivity contribution in [2.24, 2.45) is 18.9 Å². The van der Waals surface area contributed by atoms with Gasteiger partial charge in [-0.2, -0.15) is 5.10 Å². The lowest BCUT2D eigenvalue weighted by molar-refractivity contribution is -0.145. The molecule has 7 heteroatoms. The molecule has 0 spiro atoms. The number of fused-ring (bicyclic) bond motifs is 1. The van der Waals surface area contributed by atoms with Gasteiger partial charge in [0.25, 0.3) is 5.91 Å². The number of ether oxygens (including phenoxy) is 1. The maximum Gasteiger partial charge on any atom is 0.309 e. The fourth-order valence-corrected chi connectivity index (χ4v) is 3.84. The molecule has 0 N–H and O–H groups in total. The molecule has 2 aromatic heterocycles. The Labute approximate surface area is 175 Å². The molecule has 0 aliphatic heterocycles. The monoisotopic (exact) mass is 406 g/mol. The molecule has 1 amide bonds. The topological polar surface area (TPSA) is 77.3 Å². The van der Waals surface area contributed by atoms with Gasteiger partial charge in [-0.3, -0.25) is 19.3 Å². The van der Waals surface area contributed by atoms with Crippen molar-refractivity contribution in [2.45, 2.75) is 26.8 Å². The van der Waals surface area contributed by atoms with Crippen molar-refractivity contribution in [3.05, 3.63) is 59.5 Å². The van der Waals surface area contributed by atoms with E-state index in [9.17, 15) is 9.59 Å². The van der Waals surface area contributed by atoms with E-state index in [0.29, 0.717) is 30.8 Å². The van der Waals surface area contributed by atoms with Crippen LogP contribution < -0.4 is 0 Å². The first-order valence-electron chi connectivity index (χ1n) is 10.3. The molecular weight excluding hydrogens is 380 g/mol. The molecule has 156 valence electrons. The molecule has 3 aromatic rings. The Morgan fingerprint density at radius 3 is 2.80 bits per heavy atom. The predicted octanol–water partition coefficient (Wildman–Crippen LogP) is 3.12. The minimum atomic E-state index is -0.171. The van der Waals surface area contributed by atoms with Gasteiger partial charge in [0.05, 0.1) is 35.8 Å². The Morgan fingerprint density at radius 1 is 1.27 bits per heavy atom. The average Bonchev–Trinajstić information content (AvgIpc) is 3.44. The molecule has 0 saturated heterocycles. The van der Waals surface area contributed by atoms with Crippen molar-refractivity contribution in [2.75, 3.05) is 13.2 Å². The van der Waals surface area contributed by atoms with Gasteiger partial charge >= 0.3 is 5.97 Å². The number of carbonyl (C=O) groups is 2. The lowest BCUT2D eigenvalue weighted by atomic mass is 10.1. The van der Waals surface area contributed by atoms with E-state index in [-0.39, 0.29) is 23.7 Å². The second-order valence-corrected chi connectivity index (χ2v) is 7.82. The maximum atomic E-state index is 13.6. The number of nitrogens with zero attached hydrogens (tertiary/aromatic N) is 4. The zero-order chi connectivity index (χ0) is 21.3. The van der Waals surface area contributed by atoms with Crippen molar-refractivity contribution in [3.63, 3.8) is 0 Å². The summed E-state index contributed by atoms with van der Waals surface area (Å²) in [4.78, 5) is 31.8. The average molecular weight is 406 g/mol. The van der Waals surface area contributed by atoms with E-state index >= 15 is 0 Å². The summed E-state index contributed by atoms with van der Waals surface area (Å²) in [6.45, 7) is 5.04. The van der Waals surface area contributed by atoms with Crippen molar-refractivity contribution >= 4 is 22.8 Å². The third-order valence-corrected chi connectivity index (χ3v) is 5.63. The number of esters is 1. The molecule has 1 aromatic carbocycles. The van der Waals surface area contributed by atoms with Crippen LogP contribution in [0.5, 0.6) is 0 Å². The van der Waals surface area contributed by atoms with Crippen LogP contribution in [0, 0.1) is 18.8 Å². The van der Waals surface area contributed by atoms with Crippen LogP contribution in [0.15, 0.2) is 42.6 Å². The molecule has 0 radical (unpaired) electrons. The van der Waals surface area contributed by atoms with Crippen LogP contribution in [0.25, 0.3) is 10.9 Å². The first-order valence-corrected chi connectivity index (χ1v) is 10.3. The number of carbonyl (C=O) groups excluding carboxylic acids is 2. The number of benzene rings is 1. The van der Waals surface area contributed by atoms with Gasteiger partial charge in [0.2, 0.25) is 0 Å². The fourth-order valence-electron chi connectivity index (χ4n) is 3.84. The highest BCUT2D eigenvalue weighted by molar-refractivity contribution is 6.05. The third kappa shape index (κ3) is 4.06. The van der Waals surface area contributed by atoms with Gasteiger partial charge in [-0.05, 0) is 44.4 Å². The Kier molecular flexibility index (Phi) is 5.53. The van der Waals surface area contributed by atoms with Crippen LogP contribution in [0.3, 0.4) is 0 Å². The van der Waals surface area contributed by atoms with Crippen molar-refractivity contribution < 1.29 is 14.3 Å². The highest BCUT2D eigenvalue weighted by Crippen LogP contribution is 2.40. The molecule has 2 atom stereocenters. The van der Waals surface area contributed by atoms with E-state index in [4.69, 9.17) is 4.74 Å². The standard InChI is InChI=1S/C23H26N4O3/c1-4-30-23(29)20-12-17(20)13-27(14-18-11-15(2)26(3)25-18)22(28)19-9-5-7-16-8-6-10-24-21(16)19/h5-11,17,20H,4,12-14H2,1-3H3/t17-,20-/m0/s1. The lowest BCUT2D eigenvalue weighted by Gasteiger charge is -2.22. The lowest BCUT2D eigenvalue weighted by Crippen LogP contribution is -2.33. The largest absolute Gasteiger partial charge is 0.466 e. The minimum Gasteiger partial charge on any atom is -0.466 e. The molecule has 1 saturated carbocycles. The second kappa shape index (κ2) is 8.26. The molecule has 30 heavy (non-hydrogen) atoms. The Balaban J connectivity index is 1.61. The van der Waals surface area contributed by atoms with E-state index in [1.54, 1.807) is 15.8 Å². The highest BCUT2D eigenvalue weighted by Gasteiger charge is 2.45. The number of rotatable bonds is 7. The number of pyridine rings is 1. The molecule has 0 bridgehead atoms. The molecule has 4 rings (SSSR count). The number of hydrogen-bond acceptors (Lipinski definition) is 5. The molecule has 0 unspecified atom stereocenters. The van der Waals surface area contributed by atoms with Crippen molar-refractivity contribution in [1.29, 1.82) is 0 Å². The van der Waals surface area contributed by atoms with E-state index in [1.807, 2.05) is 57.3 Å². The summed E-state index contributed by atoms with van der Waals surface area (Å²) < 4.78 is 6.95. The van der Waals surface area contributed by atoms with E-state index in [0.717, 1.165) is 23.2 Å². The van der Waals surface area contributed by atoms with Crippen LogP contribution >= 0.6 is 0 Å². The normalized spacial score (nSPS) is 17.7. The number of amides is 1. The number of aromatic nitrogens is 3. The van der Waals surface area contributed by atoms with Gasteiger partial charge in [-0.25, -0.2) is 0 Å². The predicted molar refractivity (Wildman–Crippen MR) is 113 cm³/mol. The molecule has 2 heterocycles. The molecule has 1 aliphatic rings. The molecule has 7 nitrogen and oxygen atoms in total. The number of para-hydroxylation sites is 1. The zero-order valence-electron chi connectivity index (χ0n) is 17.5. The summed E-state index contributed by atoms with van der Waals surface area (Å²) in [5, 5.41) is 5.44. The second-order valence-electron chi connectivity index (χ2n) is 7.82. The van der Waals surface area contributed by atoms with Gasteiger partial charge in [-0.15, -0.1) is 0 Å². The van der Waals surface area contributed by atoms with Crippen molar-refractivity contribution in [3.8, 4) is 0 Å². The molecular formula is C23H26N4O3. The van der Waals surface area contributed by atoms with E-state index < -0.39 is 0 Å². The quantitative estimate of drug-likeness (QED) is 0.564. The van der Waals surface area contributed by atoms with Gasteiger partial charge in [0.15, 0.2) is 0 Å².